The van der Waals surface area contributed by atoms with Gasteiger partial charge in [-0.2, -0.15) is 10.2 Å². The van der Waals surface area contributed by atoms with Gasteiger partial charge >= 0.3 is 0 Å². The van der Waals surface area contributed by atoms with Gasteiger partial charge in [-0.1, -0.05) is 0 Å². The third-order valence-electron chi connectivity index (χ3n) is 4.23. The van der Waals surface area contributed by atoms with Gasteiger partial charge in [0.25, 0.3) is 5.89 Å². The van der Waals surface area contributed by atoms with Gasteiger partial charge < -0.3 is 9.73 Å². The summed E-state index contributed by atoms with van der Waals surface area (Å²) in [7, 11) is 1.83. The molecule has 0 aliphatic carbocycles. The van der Waals surface area contributed by atoms with E-state index in [1.807, 2.05) is 44.6 Å². The fourth-order valence-corrected chi connectivity index (χ4v) is 2.94. The predicted molar refractivity (Wildman–Crippen MR) is 98.9 cm³/mol. The van der Waals surface area contributed by atoms with Crippen LogP contribution in [-0.2, 0) is 24.8 Å². The maximum Gasteiger partial charge on any atom is 0.265 e. The van der Waals surface area contributed by atoms with Gasteiger partial charge in [0.15, 0.2) is 0 Å². The number of hydrogen-bond donors (Lipinski definition) is 1. The Bertz CT molecular complexity index is 922. The zero-order chi connectivity index (χ0) is 19.4. The summed E-state index contributed by atoms with van der Waals surface area (Å²) in [5, 5.41) is 19.6. The van der Waals surface area contributed by atoms with Crippen molar-refractivity contribution in [3.8, 4) is 11.6 Å². The number of nitrogens with one attached hydrogen (secondary N) is 1. The van der Waals surface area contributed by atoms with Crippen LogP contribution < -0.4 is 5.32 Å². The van der Waals surface area contributed by atoms with Crippen LogP contribution in [0.3, 0.4) is 0 Å². The Morgan fingerprint density at radius 3 is 2.59 bits per heavy atom. The lowest BCUT2D eigenvalue weighted by Gasteiger charge is -2.06. The number of aromatic nitrogens is 6. The van der Waals surface area contributed by atoms with Crippen LogP contribution in [-0.4, -0.2) is 42.2 Å². The van der Waals surface area contributed by atoms with Crippen LogP contribution in [0.2, 0.25) is 0 Å². The number of amides is 1. The number of rotatable bonds is 8. The van der Waals surface area contributed by atoms with Crippen molar-refractivity contribution in [3.05, 3.63) is 35.1 Å². The molecule has 0 aromatic carbocycles. The summed E-state index contributed by atoms with van der Waals surface area (Å²) in [6.45, 7) is 7.31. The van der Waals surface area contributed by atoms with Crippen LogP contribution >= 0.6 is 0 Å². The minimum atomic E-state index is -0.0282. The number of hydrogen-bond acceptors (Lipinski definition) is 6. The highest BCUT2D eigenvalue weighted by Gasteiger charge is 2.14. The maximum atomic E-state index is 12.0. The van der Waals surface area contributed by atoms with E-state index in [1.165, 1.54) is 0 Å². The van der Waals surface area contributed by atoms with E-state index >= 15 is 0 Å². The Morgan fingerprint density at radius 2 is 1.93 bits per heavy atom. The predicted octanol–water partition coefficient (Wildman–Crippen LogP) is 1.73. The first kappa shape index (κ1) is 18.8. The molecule has 3 aromatic heterocycles. The van der Waals surface area contributed by atoms with Gasteiger partial charge in [0.2, 0.25) is 11.8 Å². The van der Waals surface area contributed by atoms with Gasteiger partial charge in [0, 0.05) is 38.7 Å². The number of carbonyl (C=O) groups is 1. The SMILES string of the molecule is Cc1cc(-c2nnc(CCC(=O)NCCCn3nc(C)cc3C)o2)n(C)n1. The van der Waals surface area contributed by atoms with E-state index in [4.69, 9.17) is 4.42 Å². The van der Waals surface area contributed by atoms with Crippen molar-refractivity contribution in [1.29, 1.82) is 0 Å². The van der Waals surface area contributed by atoms with Gasteiger partial charge in [0.05, 0.1) is 11.4 Å². The van der Waals surface area contributed by atoms with Crippen LogP contribution in [0.25, 0.3) is 11.6 Å². The van der Waals surface area contributed by atoms with Crippen molar-refractivity contribution >= 4 is 5.91 Å². The fourth-order valence-electron chi connectivity index (χ4n) is 2.94. The number of aryl methyl sites for hydroxylation is 6. The van der Waals surface area contributed by atoms with E-state index in [9.17, 15) is 4.79 Å². The molecule has 0 aliphatic heterocycles. The molecule has 9 heteroatoms. The summed E-state index contributed by atoms with van der Waals surface area (Å²) in [5.74, 6) is 0.833. The topological polar surface area (TPSA) is 104 Å². The highest BCUT2D eigenvalue weighted by atomic mass is 16.4. The molecule has 1 N–H and O–H groups in total. The molecule has 0 saturated heterocycles. The lowest BCUT2D eigenvalue weighted by Crippen LogP contribution is -2.25. The van der Waals surface area contributed by atoms with Crippen LogP contribution in [0.4, 0.5) is 0 Å². The summed E-state index contributed by atoms with van der Waals surface area (Å²) >= 11 is 0. The molecule has 3 heterocycles. The first-order valence-corrected chi connectivity index (χ1v) is 9.03. The molecule has 1 amide bonds. The highest BCUT2D eigenvalue weighted by molar-refractivity contribution is 5.75. The lowest BCUT2D eigenvalue weighted by molar-refractivity contribution is -0.121. The van der Waals surface area contributed by atoms with Crippen LogP contribution in [0.5, 0.6) is 0 Å². The molecule has 0 saturated carbocycles. The summed E-state index contributed by atoms with van der Waals surface area (Å²) in [4.78, 5) is 12.0. The minimum Gasteiger partial charge on any atom is -0.419 e. The number of nitrogens with zero attached hydrogens (tertiary/aromatic N) is 6. The first-order chi connectivity index (χ1) is 12.9. The average molecular weight is 371 g/mol. The van der Waals surface area contributed by atoms with Crippen LogP contribution in [0.1, 0.15) is 35.8 Å². The zero-order valence-corrected chi connectivity index (χ0v) is 16.2. The zero-order valence-electron chi connectivity index (χ0n) is 16.2. The Kier molecular flexibility index (Phi) is 5.68. The summed E-state index contributed by atoms with van der Waals surface area (Å²) in [5.41, 5.74) is 3.79. The third-order valence-corrected chi connectivity index (χ3v) is 4.23. The Hall–Kier alpha value is -2.97. The summed E-state index contributed by atoms with van der Waals surface area (Å²) in [6.07, 6.45) is 1.55. The maximum absolute atomic E-state index is 12.0. The van der Waals surface area contributed by atoms with Gasteiger partial charge in [-0.3, -0.25) is 14.2 Å². The van der Waals surface area contributed by atoms with Crippen molar-refractivity contribution in [2.75, 3.05) is 6.54 Å². The largest absolute Gasteiger partial charge is 0.419 e. The van der Waals surface area contributed by atoms with E-state index < -0.39 is 0 Å². The van der Waals surface area contributed by atoms with E-state index in [2.05, 4.69) is 25.7 Å². The van der Waals surface area contributed by atoms with E-state index in [0.717, 1.165) is 35.7 Å². The second-order valence-corrected chi connectivity index (χ2v) is 6.65. The molecule has 0 unspecified atom stereocenters. The normalized spacial score (nSPS) is 11.1. The molecule has 3 rings (SSSR count). The van der Waals surface area contributed by atoms with Crippen molar-refractivity contribution in [2.24, 2.45) is 7.05 Å². The molecular formula is C18H25N7O2. The van der Waals surface area contributed by atoms with Crippen molar-refractivity contribution in [1.82, 2.24) is 35.1 Å². The molecule has 9 nitrogen and oxygen atoms in total. The quantitative estimate of drug-likeness (QED) is 0.605. The summed E-state index contributed by atoms with van der Waals surface area (Å²) in [6, 6.07) is 3.93. The molecule has 0 atom stereocenters. The Balaban J connectivity index is 1.40. The minimum absolute atomic E-state index is 0.0282. The lowest BCUT2D eigenvalue weighted by atomic mass is 10.3. The first-order valence-electron chi connectivity index (χ1n) is 9.03. The second kappa shape index (κ2) is 8.15. The molecule has 0 aliphatic rings. The number of carbonyl (C=O) groups excluding carboxylic acids is 1. The van der Waals surface area contributed by atoms with Gasteiger partial charge in [-0.05, 0) is 39.3 Å². The fraction of sp³-hybridized carbons (Fsp3) is 0.500. The monoisotopic (exact) mass is 371 g/mol. The molecule has 27 heavy (non-hydrogen) atoms. The average Bonchev–Trinajstić information content (AvgIpc) is 3.29. The smallest absolute Gasteiger partial charge is 0.265 e. The van der Waals surface area contributed by atoms with Gasteiger partial charge in [-0.15, -0.1) is 10.2 Å². The molecule has 0 radical (unpaired) electrons. The standard InChI is InChI=1S/C18H25N7O2/c1-12-10-14(3)25(23-12)9-5-8-19-16(26)6-7-17-20-21-18(27-17)15-11-13(2)22-24(15)4/h10-11H,5-9H2,1-4H3,(H,19,26). The highest BCUT2D eigenvalue weighted by Crippen LogP contribution is 2.18. The van der Waals surface area contributed by atoms with Crippen molar-refractivity contribution < 1.29 is 9.21 Å². The van der Waals surface area contributed by atoms with E-state index in [1.54, 1.807) is 4.68 Å². The van der Waals surface area contributed by atoms with Crippen molar-refractivity contribution in [2.45, 2.75) is 46.6 Å². The van der Waals surface area contributed by atoms with E-state index in [0.29, 0.717) is 31.2 Å². The van der Waals surface area contributed by atoms with Crippen molar-refractivity contribution in [3.63, 3.8) is 0 Å². The molecule has 144 valence electrons. The molecule has 0 fully saturated rings. The molecule has 3 aromatic rings. The van der Waals surface area contributed by atoms with E-state index in [-0.39, 0.29) is 5.91 Å². The van der Waals surface area contributed by atoms with Gasteiger partial charge in [-0.25, -0.2) is 0 Å². The molecular weight excluding hydrogens is 346 g/mol. The van der Waals surface area contributed by atoms with Gasteiger partial charge in [0.1, 0.15) is 5.69 Å². The third kappa shape index (κ3) is 4.81. The van der Waals surface area contributed by atoms with Crippen LogP contribution in [0, 0.1) is 20.8 Å². The molecule has 0 bridgehead atoms. The Morgan fingerprint density at radius 1 is 1.15 bits per heavy atom. The Labute approximate surface area is 157 Å². The summed E-state index contributed by atoms with van der Waals surface area (Å²) < 4.78 is 9.30. The molecule has 0 spiro atoms. The second-order valence-electron chi connectivity index (χ2n) is 6.65. The van der Waals surface area contributed by atoms with Crippen LogP contribution in [0.15, 0.2) is 16.5 Å².